The van der Waals surface area contributed by atoms with E-state index in [2.05, 4.69) is 14.3 Å². The Hall–Kier alpha value is -2.73. The minimum Gasteiger partial charge on any atom is -0.336 e. The van der Waals surface area contributed by atoms with E-state index in [1.807, 2.05) is 0 Å². The number of rotatable bonds is 4. The maximum Gasteiger partial charge on any atom is 0.296 e. The van der Waals surface area contributed by atoms with Crippen molar-refractivity contribution in [1.82, 2.24) is 14.9 Å². The van der Waals surface area contributed by atoms with Gasteiger partial charge in [0.15, 0.2) is 0 Å². The number of carbonyl (C=O) groups is 2. The zero-order valence-electron chi connectivity index (χ0n) is 15.9. The molecule has 2 amide bonds. The molecule has 0 N–H and O–H groups in total. The largest absolute Gasteiger partial charge is 0.336 e. The molecule has 2 aliphatic rings. The highest BCUT2D eigenvalue weighted by molar-refractivity contribution is 7.93. The predicted octanol–water partition coefficient (Wildman–Crippen LogP) is 2.48. The molecule has 3 heterocycles. The summed E-state index contributed by atoms with van der Waals surface area (Å²) in [6, 6.07) is 2.53. The molecule has 1 atom stereocenters. The molecule has 0 radical (unpaired) electrons. The van der Waals surface area contributed by atoms with Crippen molar-refractivity contribution >= 4 is 38.6 Å². The van der Waals surface area contributed by atoms with Crippen LogP contribution < -0.4 is 0 Å². The van der Waals surface area contributed by atoms with E-state index in [1.165, 1.54) is 34.6 Å². The average Bonchev–Trinajstić information content (AvgIpc) is 3.49. The number of amides is 2. The highest BCUT2D eigenvalue weighted by Gasteiger charge is 2.28. The lowest BCUT2D eigenvalue weighted by Gasteiger charge is -2.19. The van der Waals surface area contributed by atoms with E-state index in [4.69, 9.17) is 0 Å². The van der Waals surface area contributed by atoms with Gasteiger partial charge in [0.2, 0.25) is 0 Å². The minimum atomic E-state index is -2.79. The molecule has 1 unspecified atom stereocenters. The summed E-state index contributed by atoms with van der Waals surface area (Å²) in [7, 11) is -2.79. The summed E-state index contributed by atoms with van der Waals surface area (Å²) < 4.78 is 17.2. The first-order valence-electron chi connectivity index (χ1n) is 9.47. The van der Waals surface area contributed by atoms with Gasteiger partial charge >= 0.3 is 0 Å². The summed E-state index contributed by atoms with van der Waals surface area (Å²) in [5.41, 5.74) is -0.116. The van der Waals surface area contributed by atoms with E-state index >= 15 is 0 Å². The van der Waals surface area contributed by atoms with Gasteiger partial charge in [-0.3, -0.25) is 19.7 Å². The van der Waals surface area contributed by atoms with Crippen molar-refractivity contribution in [1.29, 1.82) is 0 Å². The molecule has 2 fully saturated rings. The van der Waals surface area contributed by atoms with Gasteiger partial charge in [0.05, 0.1) is 25.9 Å². The van der Waals surface area contributed by atoms with E-state index in [9.17, 15) is 23.9 Å². The molecule has 1 saturated heterocycles. The molecule has 1 aliphatic carbocycles. The number of thiazole rings is 1. The fraction of sp³-hybridized carbons (Fsp3) is 0.444. The van der Waals surface area contributed by atoms with Crippen molar-refractivity contribution in [2.45, 2.75) is 25.2 Å². The third-order valence-electron chi connectivity index (χ3n) is 4.95. The molecular weight excluding hydrogens is 430 g/mol. The molecule has 0 bridgehead atoms. The molecule has 0 spiro atoms. The standard InChI is InChI=1S/C18H19N5O5S2/c24-16(15-11-20-17(29-15)12-2-3-12)21-30(28)8-1-6-22(7-9-30)18(25)14-5-4-13(10-19-14)23(26)27/h4-5,10-12H,1-3,6-9H2. The summed E-state index contributed by atoms with van der Waals surface area (Å²) in [4.78, 5) is 45.3. The first-order valence-corrected chi connectivity index (χ1v) is 12.1. The Morgan fingerprint density at radius 1 is 1.20 bits per heavy atom. The van der Waals surface area contributed by atoms with Crippen LogP contribution in [0, 0.1) is 10.1 Å². The van der Waals surface area contributed by atoms with Crippen LogP contribution in [0.1, 0.15) is 50.3 Å². The van der Waals surface area contributed by atoms with Gasteiger partial charge in [-0.15, -0.1) is 11.3 Å². The fourth-order valence-corrected chi connectivity index (χ4v) is 6.03. The van der Waals surface area contributed by atoms with Crippen molar-refractivity contribution < 1.29 is 18.7 Å². The number of aromatic nitrogens is 2. The Balaban J connectivity index is 1.44. The maximum atomic E-state index is 13.2. The highest BCUT2D eigenvalue weighted by atomic mass is 32.2. The number of hydrogen-bond donors (Lipinski definition) is 0. The van der Waals surface area contributed by atoms with Gasteiger partial charge in [0.25, 0.3) is 17.5 Å². The molecule has 2 aromatic heterocycles. The maximum absolute atomic E-state index is 13.2. The second kappa shape index (κ2) is 8.19. The third-order valence-corrected chi connectivity index (χ3v) is 8.34. The van der Waals surface area contributed by atoms with Crippen molar-refractivity contribution in [3.05, 3.63) is 50.2 Å². The van der Waals surface area contributed by atoms with E-state index in [-0.39, 0.29) is 29.4 Å². The average molecular weight is 450 g/mol. The highest BCUT2D eigenvalue weighted by Crippen LogP contribution is 2.41. The zero-order chi connectivity index (χ0) is 21.3. The van der Waals surface area contributed by atoms with Gasteiger partial charge < -0.3 is 4.90 Å². The smallest absolute Gasteiger partial charge is 0.296 e. The zero-order valence-corrected chi connectivity index (χ0v) is 17.6. The molecule has 158 valence electrons. The van der Waals surface area contributed by atoms with Crippen LogP contribution in [0.4, 0.5) is 5.69 Å². The number of pyridine rings is 1. The lowest BCUT2D eigenvalue weighted by Crippen LogP contribution is -2.34. The third kappa shape index (κ3) is 4.54. The lowest BCUT2D eigenvalue weighted by molar-refractivity contribution is -0.385. The SMILES string of the molecule is O=C(N=S1(=O)CCCN(C(=O)c2ccc([N+](=O)[O-])cn2)CC1)c1cnc(C2CC2)s1. The van der Waals surface area contributed by atoms with Gasteiger partial charge in [0.1, 0.15) is 16.8 Å². The molecule has 1 saturated carbocycles. The van der Waals surface area contributed by atoms with Gasteiger partial charge in [0, 0.05) is 36.6 Å². The van der Waals surface area contributed by atoms with Crippen molar-refractivity contribution in [3.8, 4) is 0 Å². The van der Waals surface area contributed by atoms with Gasteiger partial charge in [-0.05, 0) is 25.3 Å². The van der Waals surface area contributed by atoms with Gasteiger partial charge in [-0.1, -0.05) is 0 Å². The van der Waals surface area contributed by atoms with Crippen LogP contribution in [0.25, 0.3) is 0 Å². The second-order valence-corrected chi connectivity index (χ2v) is 10.8. The quantitative estimate of drug-likeness (QED) is 0.516. The normalized spacial score (nSPS) is 21.7. The first kappa shape index (κ1) is 20.5. The minimum absolute atomic E-state index is 0.0827. The summed E-state index contributed by atoms with van der Waals surface area (Å²) in [6.07, 6.45) is 5.14. The van der Waals surface area contributed by atoms with E-state index in [1.54, 1.807) is 0 Å². The predicted molar refractivity (Wildman–Crippen MR) is 110 cm³/mol. The molecule has 12 heteroatoms. The molecule has 4 rings (SSSR count). The van der Waals surface area contributed by atoms with E-state index in [0.717, 1.165) is 24.0 Å². The topological polar surface area (TPSA) is 136 Å². The lowest BCUT2D eigenvalue weighted by atomic mass is 10.3. The Kier molecular flexibility index (Phi) is 5.60. The number of hydrogen-bond acceptors (Lipinski definition) is 8. The Labute approximate surface area is 176 Å². The van der Waals surface area contributed by atoms with Gasteiger partial charge in [-0.2, -0.15) is 4.36 Å². The van der Waals surface area contributed by atoms with Crippen LogP contribution in [0.3, 0.4) is 0 Å². The summed E-state index contributed by atoms with van der Waals surface area (Å²) >= 11 is 1.31. The fourth-order valence-electron chi connectivity index (χ4n) is 3.13. The molecule has 10 nitrogen and oxygen atoms in total. The summed E-state index contributed by atoms with van der Waals surface area (Å²) in [5, 5.41) is 11.7. The summed E-state index contributed by atoms with van der Waals surface area (Å²) in [6.45, 7) is 0.522. The van der Waals surface area contributed by atoms with Gasteiger partial charge in [-0.25, -0.2) is 14.2 Å². The molecule has 2 aromatic rings. The van der Waals surface area contributed by atoms with E-state index in [0.29, 0.717) is 23.8 Å². The number of nitro groups is 1. The van der Waals surface area contributed by atoms with Crippen molar-refractivity contribution in [2.24, 2.45) is 4.36 Å². The molecule has 30 heavy (non-hydrogen) atoms. The Morgan fingerprint density at radius 2 is 2.00 bits per heavy atom. The monoisotopic (exact) mass is 449 g/mol. The van der Waals surface area contributed by atoms with Crippen LogP contribution in [0.2, 0.25) is 0 Å². The second-order valence-electron chi connectivity index (χ2n) is 7.22. The van der Waals surface area contributed by atoms with Crippen LogP contribution >= 0.6 is 11.3 Å². The van der Waals surface area contributed by atoms with Crippen LogP contribution in [-0.2, 0) is 9.73 Å². The molecular formula is C18H19N5O5S2. The number of carbonyl (C=O) groups excluding carboxylic acids is 2. The molecule has 1 aliphatic heterocycles. The Bertz CT molecular complexity index is 1120. The van der Waals surface area contributed by atoms with Crippen LogP contribution in [0.15, 0.2) is 28.9 Å². The molecule has 0 aromatic carbocycles. The van der Waals surface area contributed by atoms with Crippen LogP contribution in [0.5, 0.6) is 0 Å². The first-order chi connectivity index (χ1) is 14.3. The number of nitrogens with zero attached hydrogens (tertiary/aromatic N) is 5. The van der Waals surface area contributed by atoms with E-state index < -0.39 is 26.5 Å². The Morgan fingerprint density at radius 3 is 2.67 bits per heavy atom. The van der Waals surface area contributed by atoms with Crippen molar-refractivity contribution in [2.75, 3.05) is 24.6 Å². The van der Waals surface area contributed by atoms with Crippen LogP contribution in [-0.4, -0.2) is 60.4 Å². The summed E-state index contributed by atoms with van der Waals surface area (Å²) in [5.74, 6) is -0.149. The van der Waals surface area contributed by atoms with Crippen molar-refractivity contribution in [3.63, 3.8) is 0 Å².